The first-order valence-electron chi connectivity index (χ1n) is 9.22. The number of hydrogen-bond acceptors (Lipinski definition) is 3. The molecular weight excluding hydrogens is 292 g/mol. The second-order valence-corrected chi connectivity index (χ2v) is 8.12. The predicted molar refractivity (Wildman–Crippen MR) is 88.0 cm³/mol. The molecule has 1 N–H and O–H groups in total. The quantitative estimate of drug-likeness (QED) is 0.865. The van der Waals surface area contributed by atoms with Crippen molar-refractivity contribution in [2.24, 2.45) is 17.8 Å². The van der Waals surface area contributed by atoms with Crippen LogP contribution in [-0.2, 0) is 9.59 Å². The van der Waals surface area contributed by atoms with Gasteiger partial charge in [0.15, 0.2) is 0 Å². The Hall–Kier alpha value is -1.10. The maximum absolute atomic E-state index is 12.8. The van der Waals surface area contributed by atoms with E-state index >= 15 is 0 Å². The summed E-state index contributed by atoms with van der Waals surface area (Å²) in [7, 11) is 0. The van der Waals surface area contributed by atoms with Crippen LogP contribution in [0.15, 0.2) is 0 Å². The third kappa shape index (κ3) is 3.54. The minimum Gasteiger partial charge on any atom is -0.480 e. The predicted octanol–water partition coefficient (Wildman–Crippen LogP) is 2.21. The molecule has 1 amide bonds. The van der Waals surface area contributed by atoms with Crippen LogP contribution in [-0.4, -0.2) is 58.5 Å². The van der Waals surface area contributed by atoms with Crippen LogP contribution >= 0.6 is 0 Å². The lowest BCUT2D eigenvalue weighted by Gasteiger charge is -2.38. The van der Waals surface area contributed by atoms with Crippen LogP contribution in [0.3, 0.4) is 0 Å². The SMILES string of the molecule is C[C@@H]1C[C@H](C)CN(C(=O)CN2[C@@H]3CCCC[C@@H]3C[C@H]2C(=O)O)C1. The van der Waals surface area contributed by atoms with Crippen molar-refractivity contribution in [1.82, 2.24) is 9.80 Å². The van der Waals surface area contributed by atoms with Gasteiger partial charge in [-0.1, -0.05) is 26.7 Å². The Morgan fingerprint density at radius 2 is 1.70 bits per heavy atom. The maximum atomic E-state index is 12.8. The van der Waals surface area contributed by atoms with Crippen LogP contribution < -0.4 is 0 Å². The zero-order chi connectivity index (χ0) is 16.6. The third-order valence-corrected chi connectivity index (χ3v) is 6.05. The number of carbonyl (C=O) groups excluding carboxylic acids is 1. The van der Waals surface area contributed by atoms with E-state index in [0.717, 1.165) is 38.8 Å². The van der Waals surface area contributed by atoms with Gasteiger partial charge in [0.1, 0.15) is 6.04 Å². The lowest BCUT2D eigenvalue weighted by Crippen LogP contribution is -2.51. The van der Waals surface area contributed by atoms with Gasteiger partial charge in [-0.25, -0.2) is 0 Å². The number of nitrogens with zero attached hydrogens (tertiary/aromatic N) is 2. The van der Waals surface area contributed by atoms with Gasteiger partial charge in [0.2, 0.25) is 5.91 Å². The molecule has 130 valence electrons. The van der Waals surface area contributed by atoms with Gasteiger partial charge in [0, 0.05) is 19.1 Å². The fraction of sp³-hybridized carbons (Fsp3) is 0.889. The van der Waals surface area contributed by atoms with E-state index in [1.165, 1.54) is 12.8 Å². The topological polar surface area (TPSA) is 60.9 Å². The van der Waals surface area contributed by atoms with E-state index in [2.05, 4.69) is 13.8 Å². The van der Waals surface area contributed by atoms with Crippen molar-refractivity contribution in [3.05, 3.63) is 0 Å². The van der Waals surface area contributed by atoms with Crippen molar-refractivity contribution in [2.75, 3.05) is 19.6 Å². The number of carboxylic acids is 1. The molecule has 3 fully saturated rings. The third-order valence-electron chi connectivity index (χ3n) is 6.05. The zero-order valence-corrected chi connectivity index (χ0v) is 14.4. The smallest absolute Gasteiger partial charge is 0.320 e. The molecule has 2 saturated heterocycles. The van der Waals surface area contributed by atoms with Gasteiger partial charge >= 0.3 is 5.97 Å². The molecule has 5 heteroatoms. The fourth-order valence-corrected chi connectivity index (χ4v) is 5.15. The Labute approximate surface area is 139 Å². The van der Waals surface area contributed by atoms with Gasteiger partial charge in [-0.3, -0.25) is 14.5 Å². The number of carboxylic acid groups (broad SMARTS) is 1. The van der Waals surface area contributed by atoms with Gasteiger partial charge in [0.25, 0.3) is 0 Å². The lowest BCUT2D eigenvalue weighted by atomic mass is 9.85. The van der Waals surface area contributed by atoms with Crippen LogP contribution in [0, 0.1) is 17.8 Å². The minimum absolute atomic E-state index is 0.126. The fourth-order valence-electron chi connectivity index (χ4n) is 5.15. The van der Waals surface area contributed by atoms with Crippen LogP contribution in [0.2, 0.25) is 0 Å². The molecule has 0 bridgehead atoms. The second-order valence-electron chi connectivity index (χ2n) is 8.12. The van der Waals surface area contributed by atoms with Crippen molar-refractivity contribution < 1.29 is 14.7 Å². The highest BCUT2D eigenvalue weighted by Crippen LogP contribution is 2.39. The molecule has 0 radical (unpaired) electrons. The average molecular weight is 322 g/mol. The summed E-state index contributed by atoms with van der Waals surface area (Å²) in [6, 6.07) is -0.167. The summed E-state index contributed by atoms with van der Waals surface area (Å²) >= 11 is 0. The van der Waals surface area contributed by atoms with Crippen LogP contribution in [0.1, 0.15) is 52.4 Å². The standard InChI is InChI=1S/C18H30N2O3/c1-12-7-13(2)10-19(9-12)17(21)11-20-15-6-4-3-5-14(15)8-16(20)18(22)23/h12-16H,3-11H2,1-2H3,(H,22,23)/t12-,13+,14-,15-,16+/m1/s1. The number of carbonyl (C=O) groups is 2. The highest BCUT2D eigenvalue weighted by Gasteiger charge is 2.46. The van der Waals surface area contributed by atoms with E-state index in [1.807, 2.05) is 9.80 Å². The number of rotatable bonds is 3. The monoisotopic (exact) mass is 322 g/mol. The first-order chi connectivity index (χ1) is 11.0. The van der Waals surface area contributed by atoms with Crippen LogP contribution in [0.5, 0.6) is 0 Å². The average Bonchev–Trinajstić information content (AvgIpc) is 2.85. The van der Waals surface area contributed by atoms with E-state index in [9.17, 15) is 14.7 Å². The number of aliphatic carboxylic acids is 1. The largest absolute Gasteiger partial charge is 0.480 e. The Balaban J connectivity index is 1.68. The number of piperidine rings is 1. The summed E-state index contributed by atoms with van der Waals surface area (Å²) in [6.45, 7) is 6.33. The Morgan fingerprint density at radius 1 is 1.04 bits per heavy atom. The summed E-state index contributed by atoms with van der Waals surface area (Å²) in [5.41, 5.74) is 0. The van der Waals surface area contributed by atoms with Crippen LogP contribution in [0.4, 0.5) is 0 Å². The van der Waals surface area contributed by atoms with Crippen molar-refractivity contribution >= 4 is 11.9 Å². The van der Waals surface area contributed by atoms with Gasteiger partial charge in [0.05, 0.1) is 6.54 Å². The van der Waals surface area contributed by atoms with Crippen molar-refractivity contribution in [3.8, 4) is 0 Å². The van der Waals surface area contributed by atoms with Gasteiger partial charge < -0.3 is 10.0 Å². The molecule has 3 aliphatic rings. The van der Waals surface area contributed by atoms with E-state index < -0.39 is 12.0 Å². The molecule has 5 atom stereocenters. The van der Waals surface area contributed by atoms with Crippen molar-refractivity contribution in [3.63, 3.8) is 0 Å². The number of amides is 1. The molecule has 0 aromatic heterocycles. The molecule has 2 aliphatic heterocycles. The summed E-state index contributed by atoms with van der Waals surface area (Å²) in [4.78, 5) is 28.4. The highest BCUT2D eigenvalue weighted by molar-refractivity contribution is 5.80. The zero-order valence-electron chi connectivity index (χ0n) is 14.4. The molecule has 1 aliphatic carbocycles. The molecule has 1 saturated carbocycles. The first-order valence-corrected chi connectivity index (χ1v) is 9.22. The number of likely N-dealkylation sites (tertiary alicyclic amines) is 2. The molecule has 3 rings (SSSR count). The molecule has 2 heterocycles. The molecule has 5 nitrogen and oxygen atoms in total. The molecule has 0 spiro atoms. The second kappa shape index (κ2) is 6.80. The van der Waals surface area contributed by atoms with Gasteiger partial charge in [-0.2, -0.15) is 0 Å². The summed E-state index contributed by atoms with van der Waals surface area (Å²) in [6.07, 6.45) is 6.44. The molecule has 0 unspecified atom stereocenters. The van der Waals surface area contributed by atoms with Gasteiger partial charge in [-0.15, -0.1) is 0 Å². The molecular formula is C18H30N2O3. The normalized spacial score (nSPS) is 38.3. The van der Waals surface area contributed by atoms with E-state index in [4.69, 9.17) is 0 Å². The van der Waals surface area contributed by atoms with Crippen molar-refractivity contribution in [2.45, 2.75) is 64.5 Å². The van der Waals surface area contributed by atoms with E-state index in [-0.39, 0.29) is 12.5 Å². The minimum atomic E-state index is -0.757. The Kier molecular flexibility index (Phi) is 4.95. The maximum Gasteiger partial charge on any atom is 0.320 e. The van der Waals surface area contributed by atoms with Crippen molar-refractivity contribution in [1.29, 1.82) is 0 Å². The molecule has 23 heavy (non-hydrogen) atoms. The summed E-state index contributed by atoms with van der Waals surface area (Å²) < 4.78 is 0. The first kappa shape index (κ1) is 16.7. The van der Waals surface area contributed by atoms with Crippen LogP contribution in [0.25, 0.3) is 0 Å². The Morgan fingerprint density at radius 3 is 2.35 bits per heavy atom. The van der Waals surface area contributed by atoms with E-state index in [0.29, 0.717) is 23.8 Å². The molecule has 0 aromatic carbocycles. The number of fused-ring (bicyclic) bond motifs is 1. The Bertz CT molecular complexity index is 457. The van der Waals surface area contributed by atoms with E-state index in [1.54, 1.807) is 0 Å². The number of hydrogen-bond donors (Lipinski definition) is 1. The van der Waals surface area contributed by atoms with Gasteiger partial charge in [-0.05, 0) is 43.4 Å². The summed E-state index contributed by atoms with van der Waals surface area (Å²) in [5.74, 6) is 0.920. The molecule has 0 aromatic rings. The lowest BCUT2D eigenvalue weighted by molar-refractivity contribution is -0.144. The highest BCUT2D eigenvalue weighted by atomic mass is 16.4. The summed E-state index contributed by atoms with van der Waals surface area (Å²) in [5, 5.41) is 9.57.